The number of hydrogen-bond donors (Lipinski definition) is 1. The lowest BCUT2D eigenvalue weighted by Crippen LogP contribution is -2.07. The smallest absolute Gasteiger partial charge is 0.339 e. The number of anilines is 1. The Morgan fingerprint density at radius 1 is 1.22 bits per heavy atom. The van der Waals surface area contributed by atoms with Crippen molar-refractivity contribution in [3.05, 3.63) is 87.7 Å². The number of nitrogens with two attached hydrogens (primary N) is 1. The molecule has 0 aliphatic carbocycles. The summed E-state index contributed by atoms with van der Waals surface area (Å²) in [5.74, 6) is -0.348. The van der Waals surface area contributed by atoms with E-state index in [1.54, 1.807) is 17.8 Å². The van der Waals surface area contributed by atoms with Crippen molar-refractivity contribution >= 4 is 29.0 Å². The molecule has 0 amide bonds. The number of rotatable bonds is 3. The number of hydrogen-bond acceptors (Lipinski definition) is 4. The van der Waals surface area contributed by atoms with Gasteiger partial charge in [0.15, 0.2) is 0 Å². The average molecular weight is 380 g/mol. The monoisotopic (exact) mass is 379 g/mol. The summed E-state index contributed by atoms with van der Waals surface area (Å²) in [6.45, 7) is 2.12. The number of ether oxygens (including phenoxy) is 1. The third-order valence-corrected chi connectivity index (χ3v) is 4.71. The number of esters is 1. The van der Waals surface area contributed by atoms with Crippen LogP contribution in [0, 0.1) is 0 Å². The van der Waals surface area contributed by atoms with E-state index in [4.69, 9.17) is 27.2 Å². The largest absolute Gasteiger partial charge is 0.462 e. The third kappa shape index (κ3) is 3.34. The highest BCUT2D eigenvalue weighted by Gasteiger charge is 2.21. The minimum Gasteiger partial charge on any atom is -0.462 e. The maximum Gasteiger partial charge on any atom is 0.339 e. The fraction of sp³-hybridized carbons (Fsp3) is 0.143. The molecule has 4 rings (SSSR count). The molecule has 0 atom stereocenters. The lowest BCUT2D eigenvalue weighted by Gasteiger charge is -2.10. The number of carbonyl (C=O) groups excluding carboxylic acids is 1. The summed E-state index contributed by atoms with van der Waals surface area (Å²) in [5.41, 5.74) is 11.7. The van der Waals surface area contributed by atoms with Crippen LogP contribution < -0.4 is 5.73 Å². The van der Waals surface area contributed by atoms with Gasteiger partial charge in [0, 0.05) is 40.1 Å². The zero-order chi connectivity index (χ0) is 19.0. The van der Waals surface area contributed by atoms with Crippen LogP contribution in [0.1, 0.15) is 39.7 Å². The Morgan fingerprint density at radius 3 is 2.74 bits per heavy atom. The lowest BCUT2D eigenvalue weighted by atomic mass is 9.95. The van der Waals surface area contributed by atoms with E-state index in [0.29, 0.717) is 29.3 Å². The Bertz CT molecular complexity index is 1050. The minimum absolute atomic E-state index is 0.334. The average Bonchev–Trinajstić information content (AvgIpc) is 2.99. The fourth-order valence-corrected chi connectivity index (χ4v) is 3.36. The number of fused-ring (bicyclic) bond motifs is 2. The summed E-state index contributed by atoms with van der Waals surface area (Å²) >= 11 is 6.25. The number of carbonyl (C=O) groups is 1. The van der Waals surface area contributed by atoms with E-state index in [2.05, 4.69) is 0 Å². The molecule has 2 N–H and O–H groups in total. The second-order valence-electron chi connectivity index (χ2n) is 6.33. The van der Waals surface area contributed by atoms with Crippen LogP contribution in [0.25, 0.3) is 0 Å². The second-order valence-corrected chi connectivity index (χ2v) is 6.77. The van der Waals surface area contributed by atoms with Crippen molar-refractivity contribution in [3.63, 3.8) is 0 Å². The van der Waals surface area contributed by atoms with Crippen LogP contribution in [0.15, 0.2) is 59.8 Å². The van der Waals surface area contributed by atoms with Crippen LogP contribution >= 0.6 is 11.6 Å². The normalized spacial score (nSPS) is 12.6. The first-order valence-corrected chi connectivity index (χ1v) is 9.05. The summed E-state index contributed by atoms with van der Waals surface area (Å²) in [5, 5.41) is 5.46. The van der Waals surface area contributed by atoms with Gasteiger partial charge in [-0.2, -0.15) is 5.10 Å². The van der Waals surface area contributed by atoms with Crippen molar-refractivity contribution in [2.75, 3.05) is 12.3 Å². The van der Waals surface area contributed by atoms with Gasteiger partial charge in [-0.05, 0) is 42.8 Å². The predicted molar refractivity (Wildman–Crippen MR) is 107 cm³/mol. The molecule has 0 bridgehead atoms. The molecule has 1 aliphatic heterocycles. The maximum atomic E-state index is 12.1. The minimum atomic E-state index is -0.348. The lowest BCUT2D eigenvalue weighted by molar-refractivity contribution is 0.0526. The molecule has 0 spiro atoms. The SMILES string of the molecule is CCOC(=O)c1cc2n(c1)N=C(c1ccc(N)cc1)c1cc(Cl)ccc1C2. The Morgan fingerprint density at radius 2 is 2.00 bits per heavy atom. The van der Waals surface area contributed by atoms with Gasteiger partial charge in [0.1, 0.15) is 0 Å². The molecule has 0 saturated carbocycles. The van der Waals surface area contributed by atoms with Crippen molar-refractivity contribution < 1.29 is 9.53 Å². The van der Waals surface area contributed by atoms with Gasteiger partial charge in [-0.25, -0.2) is 9.47 Å². The van der Waals surface area contributed by atoms with E-state index in [0.717, 1.165) is 28.1 Å². The maximum absolute atomic E-state index is 12.1. The van der Waals surface area contributed by atoms with Gasteiger partial charge in [0.2, 0.25) is 0 Å². The third-order valence-electron chi connectivity index (χ3n) is 4.48. The van der Waals surface area contributed by atoms with Gasteiger partial charge in [-0.15, -0.1) is 0 Å². The Balaban J connectivity index is 1.89. The first-order valence-electron chi connectivity index (χ1n) is 8.67. The summed E-state index contributed by atoms with van der Waals surface area (Å²) in [4.78, 5) is 12.1. The summed E-state index contributed by atoms with van der Waals surface area (Å²) < 4.78 is 6.86. The van der Waals surface area contributed by atoms with Crippen molar-refractivity contribution in [1.29, 1.82) is 0 Å². The zero-order valence-electron chi connectivity index (χ0n) is 14.8. The highest BCUT2D eigenvalue weighted by molar-refractivity contribution is 6.31. The van der Waals surface area contributed by atoms with Gasteiger partial charge in [0.25, 0.3) is 0 Å². The molecule has 1 aliphatic rings. The Hall–Kier alpha value is -3.05. The summed E-state index contributed by atoms with van der Waals surface area (Å²) in [7, 11) is 0. The van der Waals surface area contributed by atoms with Crippen molar-refractivity contribution in [2.24, 2.45) is 5.10 Å². The Labute approximate surface area is 162 Å². The molecule has 27 heavy (non-hydrogen) atoms. The molecule has 2 aromatic carbocycles. The molecular weight excluding hydrogens is 362 g/mol. The van der Waals surface area contributed by atoms with Gasteiger partial charge in [-0.3, -0.25) is 0 Å². The Kier molecular flexibility index (Phi) is 4.46. The molecule has 0 unspecified atom stereocenters. The number of benzene rings is 2. The first kappa shape index (κ1) is 17.4. The van der Waals surface area contributed by atoms with Gasteiger partial charge < -0.3 is 10.5 Å². The van der Waals surface area contributed by atoms with Crippen molar-refractivity contribution in [1.82, 2.24) is 4.68 Å². The molecule has 0 radical (unpaired) electrons. The van der Waals surface area contributed by atoms with Gasteiger partial charge >= 0.3 is 5.97 Å². The molecular formula is C21H18ClN3O2. The van der Waals surface area contributed by atoms with E-state index in [-0.39, 0.29) is 5.97 Å². The molecule has 1 aromatic heterocycles. The molecule has 5 nitrogen and oxygen atoms in total. The van der Waals surface area contributed by atoms with Crippen molar-refractivity contribution in [2.45, 2.75) is 13.3 Å². The summed E-state index contributed by atoms with van der Waals surface area (Å²) in [6, 6.07) is 15.2. The molecule has 0 fully saturated rings. The summed E-state index contributed by atoms with van der Waals surface area (Å²) in [6.07, 6.45) is 2.34. The molecule has 3 aromatic rings. The molecule has 136 valence electrons. The van der Waals surface area contributed by atoms with Gasteiger partial charge in [-0.1, -0.05) is 29.8 Å². The van der Waals surface area contributed by atoms with Crippen LogP contribution in [0.4, 0.5) is 5.69 Å². The van der Waals surface area contributed by atoms with Crippen LogP contribution in [0.5, 0.6) is 0 Å². The van der Waals surface area contributed by atoms with E-state index in [9.17, 15) is 4.79 Å². The van der Waals surface area contributed by atoms with Crippen LogP contribution in [0.3, 0.4) is 0 Å². The van der Waals surface area contributed by atoms with Crippen LogP contribution in [-0.4, -0.2) is 23.0 Å². The highest BCUT2D eigenvalue weighted by atomic mass is 35.5. The standard InChI is InChI=1S/C21H18ClN3O2/c1-2-27-21(26)15-10-18-9-14-3-6-16(22)11-19(14)20(24-25(18)12-15)13-4-7-17(23)8-5-13/h3-8,10-12H,2,9,23H2,1H3. The fourth-order valence-electron chi connectivity index (χ4n) is 3.18. The van der Waals surface area contributed by atoms with Gasteiger partial charge in [0.05, 0.1) is 17.9 Å². The number of halogens is 1. The highest BCUT2D eigenvalue weighted by Crippen LogP contribution is 2.27. The van der Waals surface area contributed by atoms with Crippen molar-refractivity contribution in [3.8, 4) is 0 Å². The van der Waals surface area contributed by atoms with Crippen LogP contribution in [-0.2, 0) is 11.2 Å². The van der Waals surface area contributed by atoms with E-state index < -0.39 is 0 Å². The molecule has 0 saturated heterocycles. The first-order chi connectivity index (χ1) is 13.0. The quantitative estimate of drug-likeness (QED) is 0.430. The van der Waals surface area contributed by atoms with E-state index >= 15 is 0 Å². The number of nitrogen functional groups attached to an aromatic ring is 1. The number of nitrogens with zero attached hydrogens (tertiary/aromatic N) is 2. The number of aromatic nitrogens is 1. The second kappa shape index (κ2) is 6.93. The predicted octanol–water partition coefficient (Wildman–Crippen LogP) is 4.11. The van der Waals surface area contributed by atoms with E-state index in [1.807, 2.05) is 48.5 Å². The zero-order valence-corrected chi connectivity index (χ0v) is 15.5. The topological polar surface area (TPSA) is 69.6 Å². The van der Waals surface area contributed by atoms with E-state index in [1.165, 1.54) is 0 Å². The molecule has 6 heteroatoms. The van der Waals surface area contributed by atoms with Crippen LogP contribution in [0.2, 0.25) is 5.02 Å². The molecule has 2 heterocycles.